The van der Waals surface area contributed by atoms with Gasteiger partial charge in [-0.05, 0) is 18.2 Å². The zero-order valence-electron chi connectivity index (χ0n) is 10.7. The van der Waals surface area contributed by atoms with E-state index in [0.717, 1.165) is 4.90 Å². The second-order valence-electron chi connectivity index (χ2n) is 4.43. The number of carbonyl (C=O) groups is 1. The van der Waals surface area contributed by atoms with E-state index in [0.29, 0.717) is 11.1 Å². The van der Waals surface area contributed by atoms with Crippen LogP contribution in [-0.4, -0.2) is 18.1 Å². The molecular weight excluding hydrogens is 261 g/mol. The molecule has 1 aliphatic heterocycles. The normalized spacial score (nSPS) is 17.2. The lowest BCUT2D eigenvalue weighted by Crippen LogP contribution is -2.28. The molecule has 0 bridgehead atoms. The molecule has 4 nitrogen and oxygen atoms in total. The number of carbonyl (C=O) groups excluding carboxylic acids is 1. The second kappa shape index (κ2) is 4.61. The molecule has 1 amide bonds. The molecule has 1 unspecified atom stereocenters. The Bertz CT molecular complexity index is 687. The van der Waals surface area contributed by atoms with Crippen molar-refractivity contribution < 1.29 is 19.0 Å². The Hall–Kier alpha value is -2.40. The van der Waals surface area contributed by atoms with Crippen LogP contribution in [0.1, 0.15) is 22.1 Å². The molecule has 0 radical (unpaired) electrons. The number of ether oxygens (including phenoxy) is 1. The lowest BCUT2D eigenvalue weighted by Gasteiger charge is -2.22. The summed E-state index contributed by atoms with van der Waals surface area (Å²) in [5.41, 5.74) is 0.847. The summed E-state index contributed by atoms with van der Waals surface area (Å²) in [4.78, 5) is 13.3. The quantitative estimate of drug-likeness (QED) is 0.914. The average molecular weight is 273 g/mol. The minimum atomic E-state index is -1.19. The number of hydrogen-bond donors (Lipinski definition) is 1. The van der Waals surface area contributed by atoms with Crippen molar-refractivity contribution in [2.45, 2.75) is 6.23 Å². The summed E-state index contributed by atoms with van der Waals surface area (Å²) in [6, 6.07) is 11.1. The van der Waals surface area contributed by atoms with Crippen LogP contribution in [0.2, 0.25) is 0 Å². The maximum Gasteiger partial charge on any atom is 0.261 e. The third kappa shape index (κ3) is 1.67. The number of nitrogens with zero attached hydrogens (tertiary/aromatic N) is 1. The summed E-state index contributed by atoms with van der Waals surface area (Å²) < 4.78 is 19.2. The van der Waals surface area contributed by atoms with Crippen molar-refractivity contribution in [1.29, 1.82) is 0 Å². The van der Waals surface area contributed by atoms with Gasteiger partial charge in [-0.25, -0.2) is 4.39 Å². The van der Waals surface area contributed by atoms with Crippen LogP contribution >= 0.6 is 0 Å². The van der Waals surface area contributed by atoms with Crippen molar-refractivity contribution in [2.75, 3.05) is 12.0 Å². The van der Waals surface area contributed by atoms with Gasteiger partial charge < -0.3 is 9.84 Å². The third-order valence-electron chi connectivity index (χ3n) is 3.36. The van der Waals surface area contributed by atoms with Crippen molar-refractivity contribution in [3.8, 4) is 5.75 Å². The fraction of sp³-hybridized carbons (Fsp3) is 0.133. The van der Waals surface area contributed by atoms with E-state index in [-0.39, 0.29) is 11.4 Å². The Balaban J connectivity index is 2.12. The van der Waals surface area contributed by atoms with Gasteiger partial charge in [0, 0.05) is 11.1 Å². The fourth-order valence-electron chi connectivity index (χ4n) is 2.38. The van der Waals surface area contributed by atoms with Gasteiger partial charge in [0.15, 0.2) is 17.8 Å². The van der Waals surface area contributed by atoms with Crippen molar-refractivity contribution in [1.82, 2.24) is 0 Å². The van der Waals surface area contributed by atoms with E-state index in [9.17, 15) is 14.3 Å². The highest BCUT2D eigenvalue weighted by atomic mass is 19.1. The molecule has 2 aromatic carbocycles. The Morgan fingerprint density at radius 3 is 2.65 bits per heavy atom. The molecule has 1 aliphatic rings. The van der Waals surface area contributed by atoms with Gasteiger partial charge in [-0.15, -0.1) is 0 Å². The van der Waals surface area contributed by atoms with Gasteiger partial charge in [0.2, 0.25) is 0 Å². The first-order chi connectivity index (χ1) is 9.65. The van der Waals surface area contributed by atoms with Gasteiger partial charge in [-0.2, -0.15) is 0 Å². The van der Waals surface area contributed by atoms with Crippen molar-refractivity contribution >= 4 is 11.6 Å². The predicted molar refractivity (Wildman–Crippen MR) is 71.2 cm³/mol. The zero-order chi connectivity index (χ0) is 14.3. The van der Waals surface area contributed by atoms with Crippen LogP contribution in [-0.2, 0) is 0 Å². The highest BCUT2D eigenvalue weighted by Gasteiger charge is 2.37. The number of aliphatic hydroxyl groups excluding tert-OH is 1. The fourth-order valence-corrected chi connectivity index (χ4v) is 2.38. The maximum atomic E-state index is 14.3. The average Bonchev–Trinajstić information content (AvgIpc) is 2.72. The standard InChI is InChI=1S/C15H12FNO3/c1-20-12-8-4-7-11(13(12)16)17-14(18)9-5-2-3-6-10(9)15(17)19/h2-8,14,18H,1H3. The number of hydrogen-bond acceptors (Lipinski definition) is 3. The first-order valence-corrected chi connectivity index (χ1v) is 6.08. The minimum Gasteiger partial charge on any atom is -0.494 e. The Morgan fingerprint density at radius 2 is 1.95 bits per heavy atom. The number of benzene rings is 2. The highest BCUT2D eigenvalue weighted by Crippen LogP contribution is 2.38. The largest absolute Gasteiger partial charge is 0.494 e. The first kappa shape index (κ1) is 12.6. The molecule has 1 atom stereocenters. The SMILES string of the molecule is COc1cccc(N2C(=O)c3ccccc3C2O)c1F. The molecular formula is C15H12FNO3. The molecule has 0 saturated carbocycles. The molecule has 0 fully saturated rings. The van der Waals surface area contributed by atoms with Gasteiger partial charge in [0.05, 0.1) is 12.8 Å². The predicted octanol–water partition coefficient (Wildman–Crippen LogP) is 2.49. The van der Waals surface area contributed by atoms with Crippen LogP contribution in [0.3, 0.4) is 0 Å². The summed E-state index contributed by atoms with van der Waals surface area (Å²) >= 11 is 0. The molecule has 1 N–H and O–H groups in total. The van der Waals surface area contributed by atoms with Gasteiger partial charge in [-0.3, -0.25) is 9.69 Å². The molecule has 0 aromatic heterocycles. The lowest BCUT2D eigenvalue weighted by molar-refractivity contribution is 0.0933. The highest BCUT2D eigenvalue weighted by molar-refractivity contribution is 6.10. The lowest BCUT2D eigenvalue weighted by atomic mass is 10.1. The molecule has 5 heteroatoms. The van der Waals surface area contributed by atoms with Crippen LogP contribution in [0.4, 0.5) is 10.1 Å². The molecule has 20 heavy (non-hydrogen) atoms. The Kier molecular flexibility index (Phi) is 2.91. The first-order valence-electron chi connectivity index (χ1n) is 6.08. The maximum absolute atomic E-state index is 14.3. The summed E-state index contributed by atoms with van der Waals surface area (Å²) in [7, 11) is 1.35. The molecule has 0 aliphatic carbocycles. The molecule has 3 rings (SSSR count). The smallest absolute Gasteiger partial charge is 0.261 e. The number of aliphatic hydroxyl groups is 1. The second-order valence-corrected chi connectivity index (χ2v) is 4.43. The van der Waals surface area contributed by atoms with Crippen LogP contribution in [0.15, 0.2) is 42.5 Å². The minimum absolute atomic E-state index is 0.00181. The van der Waals surface area contributed by atoms with E-state index in [2.05, 4.69) is 0 Å². The third-order valence-corrected chi connectivity index (χ3v) is 3.36. The van der Waals surface area contributed by atoms with E-state index in [4.69, 9.17) is 4.74 Å². The van der Waals surface area contributed by atoms with E-state index < -0.39 is 18.0 Å². The van der Waals surface area contributed by atoms with Crippen molar-refractivity contribution in [2.24, 2.45) is 0 Å². The summed E-state index contributed by atoms with van der Waals surface area (Å²) in [5, 5.41) is 10.3. The molecule has 1 heterocycles. The molecule has 102 valence electrons. The van der Waals surface area contributed by atoms with Crippen LogP contribution in [0.5, 0.6) is 5.75 Å². The van der Waals surface area contributed by atoms with Crippen molar-refractivity contribution in [3.63, 3.8) is 0 Å². The van der Waals surface area contributed by atoms with Crippen LogP contribution in [0, 0.1) is 5.82 Å². The van der Waals surface area contributed by atoms with Crippen molar-refractivity contribution in [3.05, 3.63) is 59.4 Å². The summed E-state index contributed by atoms with van der Waals surface area (Å²) in [5.74, 6) is -1.08. The molecule has 2 aromatic rings. The van der Waals surface area contributed by atoms with E-state index in [1.54, 1.807) is 30.3 Å². The Labute approximate surface area is 115 Å². The van der Waals surface area contributed by atoms with Gasteiger partial charge in [0.1, 0.15) is 0 Å². The van der Waals surface area contributed by atoms with E-state index in [1.807, 2.05) is 0 Å². The Morgan fingerprint density at radius 1 is 1.20 bits per heavy atom. The van der Waals surface area contributed by atoms with E-state index >= 15 is 0 Å². The monoisotopic (exact) mass is 273 g/mol. The number of fused-ring (bicyclic) bond motifs is 1. The topological polar surface area (TPSA) is 49.8 Å². The summed E-state index contributed by atoms with van der Waals surface area (Å²) in [6.07, 6.45) is -1.19. The molecule has 0 spiro atoms. The van der Waals surface area contributed by atoms with Gasteiger partial charge in [-0.1, -0.05) is 24.3 Å². The van der Waals surface area contributed by atoms with Gasteiger partial charge >= 0.3 is 0 Å². The number of methoxy groups -OCH3 is 1. The van der Waals surface area contributed by atoms with Crippen LogP contribution in [0.25, 0.3) is 0 Å². The summed E-state index contributed by atoms with van der Waals surface area (Å²) in [6.45, 7) is 0. The zero-order valence-corrected chi connectivity index (χ0v) is 10.7. The van der Waals surface area contributed by atoms with Gasteiger partial charge in [0.25, 0.3) is 5.91 Å². The molecule has 0 saturated heterocycles. The number of halogens is 1. The number of amides is 1. The van der Waals surface area contributed by atoms with E-state index in [1.165, 1.54) is 19.2 Å². The number of rotatable bonds is 2. The number of anilines is 1. The van der Waals surface area contributed by atoms with Crippen LogP contribution < -0.4 is 9.64 Å².